The van der Waals surface area contributed by atoms with Crippen molar-refractivity contribution in [3.8, 4) is 5.75 Å². The summed E-state index contributed by atoms with van der Waals surface area (Å²) in [5.74, 6) is 0.805. The maximum absolute atomic E-state index is 12.5. The standard InChI is InChI=1S/C18H18BrNO2S/c19-11-5-6-12-22-15-9-3-1-7-13(15)17-18(21)20-14-8-2-4-10-16(14)23-17/h1-4,7-10,17H,5-6,11-12H2,(H,20,21). The number of alkyl halides is 1. The van der Waals surface area contributed by atoms with Crippen LogP contribution in [0.4, 0.5) is 5.69 Å². The van der Waals surface area contributed by atoms with Crippen molar-refractivity contribution in [2.75, 3.05) is 17.3 Å². The van der Waals surface area contributed by atoms with Crippen LogP contribution in [-0.4, -0.2) is 17.8 Å². The third-order valence-electron chi connectivity index (χ3n) is 3.61. The van der Waals surface area contributed by atoms with Crippen LogP contribution in [0.1, 0.15) is 23.7 Å². The normalized spacial score (nSPS) is 16.6. The smallest absolute Gasteiger partial charge is 0.242 e. The van der Waals surface area contributed by atoms with Gasteiger partial charge >= 0.3 is 0 Å². The second-order valence-electron chi connectivity index (χ2n) is 5.27. The number of nitrogens with one attached hydrogen (secondary N) is 1. The van der Waals surface area contributed by atoms with Gasteiger partial charge in [0.25, 0.3) is 0 Å². The Hall–Kier alpha value is -1.46. The minimum absolute atomic E-state index is 0.00482. The number of halogens is 1. The summed E-state index contributed by atoms with van der Waals surface area (Å²) in [6.07, 6.45) is 2.07. The van der Waals surface area contributed by atoms with Gasteiger partial charge in [0.2, 0.25) is 5.91 Å². The SMILES string of the molecule is O=C1Nc2ccccc2SC1c1ccccc1OCCCCBr. The number of ether oxygens (including phenoxy) is 1. The van der Waals surface area contributed by atoms with Gasteiger partial charge in [-0.05, 0) is 31.0 Å². The monoisotopic (exact) mass is 391 g/mol. The molecule has 0 radical (unpaired) electrons. The van der Waals surface area contributed by atoms with Crippen LogP contribution in [0.25, 0.3) is 0 Å². The molecule has 0 aliphatic carbocycles. The van der Waals surface area contributed by atoms with E-state index in [1.165, 1.54) is 0 Å². The number of hydrogen-bond acceptors (Lipinski definition) is 3. The van der Waals surface area contributed by atoms with Crippen LogP contribution in [0.5, 0.6) is 5.75 Å². The molecule has 2 aromatic rings. The number of anilines is 1. The summed E-state index contributed by atoms with van der Waals surface area (Å²) in [5, 5.41) is 3.69. The van der Waals surface area contributed by atoms with E-state index in [0.717, 1.165) is 40.1 Å². The molecule has 2 aromatic carbocycles. The van der Waals surface area contributed by atoms with Gasteiger partial charge in [-0.25, -0.2) is 0 Å². The highest BCUT2D eigenvalue weighted by Crippen LogP contribution is 2.45. The molecule has 1 atom stereocenters. The first-order valence-electron chi connectivity index (χ1n) is 7.64. The zero-order valence-electron chi connectivity index (χ0n) is 12.6. The van der Waals surface area contributed by atoms with Crippen LogP contribution in [0, 0.1) is 0 Å². The molecular weight excluding hydrogens is 374 g/mol. The molecule has 0 aromatic heterocycles. The van der Waals surface area contributed by atoms with Crippen molar-refractivity contribution in [2.45, 2.75) is 23.0 Å². The van der Waals surface area contributed by atoms with Crippen molar-refractivity contribution in [1.29, 1.82) is 0 Å². The first-order chi connectivity index (χ1) is 11.3. The van der Waals surface area contributed by atoms with Gasteiger partial charge < -0.3 is 10.1 Å². The molecule has 1 heterocycles. The zero-order valence-corrected chi connectivity index (χ0v) is 15.0. The van der Waals surface area contributed by atoms with Crippen LogP contribution in [-0.2, 0) is 4.79 Å². The summed E-state index contributed by atoms with van der Waals surface area (Å²) >= 11 is 5.00. The minimum Gasteiger partial charge on any atom is -0.493 e. The van der Waals surface area contributed by atoms with E-state index in [-0.39, 0.29) is 11.2 Å². The number of amides is 1. The van der Waals surface area contributed by atoms with E-state index in [1.54, 1.807) is 11.8 Å². The maximum atomic E-state index is 12.5. The van der Waals surface area contributed by atoms with E-state index < -0.39 is 0 Å². The highest BCUT2D eigenvalue weighted by Gasteiger charge is 2.30. The van der Waals surface area contributed by atoms with E-state index in [4.69, 9.17) is 4.74 Å². The Balaban J connectivity index is 1.80. The maximum Gasteiger partial charge on any atom is 0.242 e. The number of benzene rings is 2. The number of fused-ring (bicyclic) bond motifs is 1. The van der Waals surface area contributed by atoms with Gasteiger partial charge in [-0.1, -0.05) is 46.3 Å². The van der Waals surface area contributed by atoms with Crippen molar-refractivity contribution < 1.29 is 9.53 Å². The summed E-state index contributed by atoms with van der Waals surface area (Å²) in [7, 11) is 0. The molecule has 1 amide bonds. The summed E-state index contributed by atoms with van der Waals surface area (Å²) in [5.41, 5.74) is 1.82. The predicted molar refractivity (Wildman–Crippen MR) is 98.6 cm³/mol. The van der Waals surface area contributed by atoms with E-state index in [9.17, 15) is 4.79 Å². The predicted octanol–water partition coefficient (Wildman–Crippen LogP) is 5.03. The fourth-order valence-corrected chi connectivity index (χ4v) is 4.00. The molecule has 0 fully saturated rings. The van der Waals surface area contributed by atoms with E-state index in [0.29, 0.717) is 6.61 Å². The van der Waals surface area contributed by atoms with Gasteiger partial charge in [0, 0.05) is 15.8 Å². The molecule has 0 saturated heterocycles. The molecular formula is C18H18BrNO2S. The Morgan fingerprint density at radius 3 is 2.74 bits per heavy atom. The largest absolute Gasteiger partial charge is 0.493 e. The molecule has 1 unspecified atom stereocenters. The number of rotatable bonds is 6. The van der Waals surface area contributed by atoms with E-state index >= 15 is 0 Å². The van der Waals surface area contributed by atoms with Gasteiger partial charge in [0.05, 0.1) is 12.3 Å². The van der Waals surface area contributed by atoms with Gasteiger partial charge in [0.1, 0.15) is 11.0 Å². The van der Waals surface area contributed by atoms with Gasteiger partial charge in [-0.2, -0.15) is 0 Å². The second kappa shape index (κ2) is 7.88. The van der Waals surface area contributed by atoms with E-state index in [2.05, 4.69) is 21.2 Å². The highest BCUT2D eigenvalue weighted by atomic mass is 79.9. The molecule has 120 valence electrons. The number of carbonyl (C=O) groups is 1. The van der Waals surface area contributed by atoms with Crippen LogP contribution in [0.2, 0.25) is 0 Å². The first kappa shape index (κ1) is 16.4. The van der Waals surface area contributed by atoms with Gasteiger partial charge in [0.15, 0.2) is 0 Å². The Morgan fingerprint density at radius 1 is 1.09 bits per heavy atom. The lowest BCUT2D eigenvalue weighted by molar-refractivity contribution is -0.115. The summed E-state index contributed by atoms with van der Waals surface area (Å²) in [6, 6.07) is 15.7. The highest BCUT2D eigenvalue weighted by molar-refractivity contribution is 9.09. The fourth-order valence-electron chi connectivity index (χ4n) is 2.46. The van der Waals surface area contributed by atoms with Crippen LogP contribution < -0.4 is 10.1 Å². The number of carbonyl (C=O) groups excluding carboxylic acids is 1. The molecule has 1 aliphatic rings. The Kier molecular flexibility index (Phi) is 5.62. The van der Waals surface area contributed by atoms with Crippen molar-refractivity contribution in [3.05, 3.63) is 54.1 Å². The van der Waals surface area contributed by atoms with Crippen molar-refractivity contribution in [3.63, 3.8) is 0 Å². The topological polar surface area (TPSA) is 38.3 Å². The van der Waals surface area contributed by atoms with Crippen molar-refractivity contribution in [2.24, 2.45) is 0 Å². The third-order valence-corrected chi connectivity index (χ3v) is 5.49. The van der Waals surface area contributed by atoms with Gasteiger partial charge in [-0.15, -0.1) is 11.8 Å². The summed E-state index contributed by atoms with van der Waals surface area (Å²) in [4.78, 5) is 13.6. The average Bonchev–Trinajstić information content (AvgIpc) is 2.58. The molecule has 1 N–H and O–H groups in total. The number of unbranched alkanes of at least 4 members (excludes halogenated alkanes) is 1. The molecule has 1 aliphatic heterocycles. The Morgan fingerprint density at radius 2 is 1.87 bits per heavy atom. The first-order valence-corrected chi connectivity index (χ1v) is 9.64. The molecule has 0 bridgehead atoms. The molecule has 0 saturated carbocycles. The Bertz CT molecular complexity index is 692. The zero-order chi connectivity index (χ0) is 16.1. The summed E-state index contributed by atoms with van der Waals surface area (Å²) in [6.45, 7) is 0.665. The third kappa shape index (κ3) is 3.90. The molecule has 5 heteroatoms. The van der Waals surface area contributed by atoms with Crippen molar-refractivity contribution >= 4 is 39.3 Å². The number of thioether (sulfide) groups is 1. The quantitative estimate of drug-likeness (QED) is 0.554. The molecule has 3 nitrogen and oxygen atoms in total. The lowest BCUT2D eigenvalue weighted by Crippen LogP contribution is -2.23. The van der Waals surface area contributed by atoms with Crippen LogP contribution >= 0.6 is 27.7 Å². The fraction of sp³-hybridized carbons (Fsp3) is 0.278. The van der Waals surface area contributed by atoms with E-state index in [1.807, 2.05) is 48.5 Å². The molecule has 3 rings (SSSR count). The lowest BCUT2D eigenvalue weighted by atomic mass is 10.1. The lowest BCUT2D eigenvalue weighted by Gasteiger charge is -2.25. The van der Waals surface area contributed by atoms with Crippen LogP contribution in [0.3, 0.4) is 0 Å². The number of hydrogen-bond donors (Lipinski definition) is 1. The van der Waals surface area contributed by atoms with Crippen molar-refractivity contribution in [1.82, 2.24) is 0 Å². The minimum atomic E-state index is -0.280. The van der Waals surface area contributed by atoms with Crippen LogP contribution in [0.15, 0.2) is 53.4 Å². The van der Waals surface area contributed by atoms with Gasteiger partial charge in [-0.3, -0.25) is 4.79 Å². The molecule has 0 spiro atoms. The average molecular weight is 392 g/mol. The summed E-state index contributed by atoms with van der Waals surface area (Å²) < 4.78 is 5.91. The number of para-hydroxylation sites is 2. The Labute approximate surface area is 148 Å². The molecule has 23 heavy (non-hydrogen) atoms. The second-order valence-corrected chi connectivity index (χ2v) is 7.21.